The fourth-order valence-corrected chi connectivity index (χ4v) is 9.39. The fourth-order valence-electron chi connectivity index (χ4n) is 8.92. The van der Waals surface area contributed by atoms with Gasteiger partial charge in [0, 0.05) is 31.6 Å². The molecule has 464 valence electrons. The Morgan fingerprint density at radius 3 is 1.00 bits per heavy atom. The Kier molecular flexibility index (Phi) is 57.2. The zero-order valence-corrected chi connectivity index (χ0v) is 51.8. The maximum atomic E-state index is 11.2. The van der Waals surface area contributed by atoms with Crippen molar-refractivity contribution < 1.29 is 56.8 Å². The van der Waals surface area contributed by atoms with E-state index >= 15 is 0 Å². The van der Waals surface area contributed by atoms with E-state index in [-0.39, 0.29) is 19.4 Å². The second-order valence-corrected chi connectivity index (χ2v) is 23.9. The first-order valence-electron chi connectivity index (χ1n) is 32.0. The molecule has 0 amide bonds. The summed E-state index contributed by atoms with van der Waals surface area (Å²) in [5.74, 6) is 1.68. The number of hydrogen-bond acceptors (Lipinski definition) is 14. The van der Waals surface area contributed by atoms with Crippen LogP contribution in [0.2, 0.25) is 0 Å². The second kappa shape index (κ2) is 60.4. The Morgan fingerprint density at radius 1 is 0.430 bits per heavy atom. The van der Waals surface area contributed by atoms with Crippen LogP contribution >= 0.6 is 7.37 Å². The van der Waals surface area contributed by atoms with Crippen molar-refractivity contribution in [2.45, 2.75) is 226 Å². The lowest BCUT2D eigenvalue weighted by Crippen LogP contribution is -2.15. The van der Waals surface area contributed by atoms with Gasteiger partial charge in [0.15, 0.2) is 7.37 Å². The SMILES string of the molecule is CCCCCCCCCCCCCCCCCCOc1cc(CN/C=C(/COCCOCCOCCOCCOCCOCCOCCOCCP(C)(=O)O)N=N)cc(OCCCCCCCCCCCCCCCCCC)c1. The topological polar surface area (TPSA) is 178 Å². The average Bonchev–Trinajstić information content (AvgIpc) is 3.44. The molecule has 1 atom stereocenters. The molecule has 16 heteroatoms. The molecule has 15 nitrogen and oxygen atoms in total. The molecule has 0 saturated carbocycles. The molecular formula is C63H120N3O12P. The van der Waals surface area contributed by atoms with Crippen molar-refractivity contribution in [3.8, 4) is 11.5 Å². The molecule has 0 aliphatic carbocycles. The number of nitrogens with one attached hydrogen (secondary N) is 2. The van der Waals surface area contributed by atoms with Gasteiger partial charge in [-0.25, -0.2) is 5.53 Å². The molecule has 0 bridgehead atoms. The molecule has 0 aliphatic heterocycles. The molecule has 1 aromatic carbocycles. The molecule has 0 spiro atoms. The van der Waals surface area contributed by atoms with Crippen LogP contribution in [0.5, 0.6) is 11.5 Å². The van der Waals surface area contributed by atoms with E-state index in [4.69, 9.17) is 52.9 Å². The van der Waals surface area contributed by atoms with Gasteiger partial charge in [-0.05, 0) is 30.5 Å². The highest BCUT2D eigenvalue weighted by Crippen LogP contribution is 2.34. The molecule has 1 unspecified atom stereocenters. The minimum atomic E-state index is -3.02. The van der Waals surface area contributed by atoms with E-state index in [1.807, 2.05) is 6.07 Å². The first kappa shape index (κ1) is 74.8. The molecule has 0 saturated heterocycles. The minimum Gasteiger partial charge on any atom is -0.493 e. The van der Waals surface area contributed by atoms with Gasteiger partial charge < -0.3 is 57.6 Å². The maximum Gasteiger partial charge on any atom is 0.199 e. The average molecular weight is 1140 g/mol. The molecule has 79 heavy (non-hydrogen) atoms. The summed E-state index contributed by atoms with van der Waals surface area (Å²) in [5.41, 5.74) is 9.24. The molecule has 0 aliphatic rings. The predicted octanol–water partition coefficient (Wildman–Crippen LogP) is 16.0. The minimum absolute atomic E-state index is 0.153. The highest BCUT2D eigenvalue weighted by Gasteiger charge is 2.09. The van der Waals surface area contributed by atoms with Gasteiger partial charge >= 0.3 is 0 Å². The third kappa shape index (κ3) is 57.4. The maximum absolute atomic E-state index is 11.2. The molecule has 3 N–H and O–H groups in total. The number of ether oxygens (including phenoxy) is 10. The van der Waals surface area contributed by atoms with E-state index in [2.05, 4.69) is 36.4 Å². The summed E-state index contributed by atoms with van der Waals surface area (Å²) in [6, 6.07) is 6.21. The van der Waals surface area contributed by atoms with Crippen LogP contribution in [0.15, 0.2) is 35.2 Å². The van der Waals surface area contributed by atoms with Crippen LogP contribution in [0.1, 0.15) is 225 Å². The summed E-state index contributed by atoms with van der Waals surface area (Å²) in [6.07, 6.45) is 45.1. The summed E-state index contributed by atoms with van der Waals surface area (Å²) < 4.78 is 68.0. The van der Waals surface area contributed by atoms with Crippen molar-refractivity contribution in [1.29, 1.82) is 5.53 Å². The standard InChI is InChI=1S/C63H120N3O12P/c1-4-6-8-10-12-14-16-18-20-22-24-26-28-30-32-34-36-77-62-54-60(55-63(56-62)78-37-35-33-31-29-27-25-23-21-19-17-15-13-11-9-7-5-2)57-65-58-61(66-64)59-76-51-50-74-47-46-72-43-42-70-39-38-69-40-41-71-44-45-73-48-49-75-52-53-79(3,67)68/h54-56,58,64-65H,4-53,57,59H2,1-3H3,(H,67,68)/b61-58-,66-64?. The van der Waals surface area contributed by atoms with E-state index in [1.54, 1.807) is 6.20 Å². The van der Waals surface area contributed by atoms with Gasteiger partial charge in [0.1, 0.15) is 17.2 Å². The first-order valence-corrected chi connectivity index (χ1v) is 34.3. The van der Waals surface area contributed by atoms with Gasteiger partial charge in [0.25, 0.3) is 0 Å². The third-order valence-corrected chi connectivity index (χ3v) is 14.7. The lowest BCUT2D eigenvalue weighted by atomic mass is 10.0. The smallest absolute Gasteiger partial charge is 0.199 e. The Bertz CT molecular complexity index is 1450. The lowest BCUT2D eigenvalue weighted by molar-refractivity contribution is -0.0224. The third-order valence-electron chi connectivity index (χ3n) is 13.7. The van der Waals surface area contributed by atoms with Crippen molar-refractivity contribution in [1.82, 2.24) is 5.32 Å². The Morgan fingerprint density at radius 2 is 0.709 bits per heavy atom. The molecule has 0 aromatic heterocycles. The normalized spacial score (nSPS) is 12.6. The van der Waals surface area contributed by atoms with E-state index in [0.717, 1.165) is 29.9 Å². The molecular weight excluding hydrogens is 1020 g/mol. The van der Waals surface area contributed by atoms with Gasteiger partial charge in [0.05, 0.1) is 119 Å². The number of hydrogen-bond donors (Lipinski definition) is 3. The zero-order chi connectivity index (χ0) is 56.9. The number of nitrogens with zero attached hydrogens (tertiary/aromatic N) is 1. The van der Waals surface area contributed by atoms with Crippen LogP contribution in [0.25, 0.3) is 0 Å². The first-order chi connectivity index (χ1) is 38.9. The number of unbranched alkanes of at least 4 members (excludes halogenated alkanes) is 30. The van der Waals surface area contributed by atoms with Crippen LogP contribution in [0.4, 0.5) is 0 Å². The van der Waals surface area contributed by atoms with Crippen LogP contribution < -0.4 is 14.8 Å². The monoisotopic (exact) mass is 1140 g/mol. The second-order valence-electron chi connectivity index (χ2n) is 21.4. The van der Waals surface area contributed by atoms with Crippen LogP contribution in [-0.2, 0) is 49.0 Å². The Balaban J connectivity index is 2.27. The van der Waals surface area contributed by atoms with Crippen molar-refractivity contribution in [3.05, 3.63) is 35.7 Å². The predicted molar refractivity (Wildman–Crippen MR) is 324 cm³/mol. The van der Waals surface area contributed by atoms with Gasteiger partial charge in [0.2, 0.25) is 0 Å². The zero-order valence-electron chi connectivity index (χ0n) is 50.9. The Hall–Kier alpha value is -2.17. The van der Waals surface area contributed by atoms with Gasteiger partial charge in [-0.1, -0.05) is 206 Å². The highest BCUT2D eigenvalue weighted by molar-refractivity contribution is 7.57. The number of rotatable bonds is 66. The van der Waals surface area contributed by atoms with Crippen LogP contribution in [0, 0.1) is 5.53 Å². The Labute approximate surface area is 483 Å². The summed E-state index contributed by atoms with van der Waals surface area (Å²) in [7, 11) is -3.02. The lowest BCUT2D eigenvalue weighted by Gasteiger charge is -2.13. The largest absolute Gasteiger partial charge is 0.493 e. The quantitative estimate of drug-likeness (QED) is 0.0319. The summed E-state index contributed by atoms with van der Waals surface area (Å²) in [6.45, 7) is 14.5. The van der Waals surface area contributed by atoms with Gasteiger partial charge in [-0.3, -0.25) is 4.57 Å². The van der Waals surface area contributed by atoms with Crippen molar-refractivity contribution >= 4 is 7.37 Å². The van der Waals surface area contributed by atoms with E-state index < -0.39 is 7.37 Å². The van der Waals surface area contributed by atoms with Crippen LogP contribution in [0.3, 0.4) is 0 Å². The van der Waals surface area contributed by atoms with Crippen LogP contribution in [-0.4, -0.2) is 137 Å². The molecule has 0 fully saturated rings. The van der Waals surface area contributed by atoms with Gasteiger partial charge in [-0.15, -0.1) is 0 Å². The van der Waals surface area contributed by atoms with E-state index in [9.17, 15) is 9.46 Å². The van der Waals surface area contributed by atoms with Crippen molar-refractivity contribution in [2.75, 3.05) is 132 Å². The van der Waals surface area contributed by atoms with E-state index in [0.29, 0.717) is 118 Å². The molecule has 0 radical (unpaired) electrons. The summed E-state index contributed by atoms with van der Waals surface area (Å²) >= 11 is 0. The van der Waals surface area contributed by atoms with E-state index in [1.165, 1.54) is 199 Å². The number of benzene rings is 1. The molecule has 0 heterocycles. The summed E-state index contributed by atoms with van der Waals surface area (Å²) in [4.78, 5) is 9.22. The molecule has 1 aromatic rings. The van der Waals surface area contributed by atoms with Crippen molar-refractivity contribution in [3.63, 3.8) is 0 Å². The fraction of sp³-hybridized carbons (Fsp3) is 0.873. The van der Waals surface area contributed by atoms with Gasteiger partial charge in [-0.2, -0.15) is 5.11 Å². The van der Waals surface area contributed by atoms with Crippen molar-refractivity contribution in [2.24, 2.45) is 5.11 Å². The highest BCUT2D eigenvalue weighted by atomic mass is 31.2. The summed E-state index contributed by atoms with van der Waals surface area (Å²) in [5, 5.41) is 7.00. The molecule has 1 rings (SSSR count).